The zero-order valence-corrected chi connectivity index (χ0v) is 6.45. The van der Waals surface area contributed by atoms with Crippen LogP contribution in [0.15, 0.2) is 0 Å². The summed E-state index contributed by atoms with van der Waals surface area (Å²) in [6.45, 7) is 3.66. The van der Waals surface area contributed by atoms with Gasteiger partial charge in [0.05, 0.1) is 6.61 Å². The molecule has 1 saturated heterocycles. The van der Waals surface area contributed by atoms with Gasteiger partial charge in [0, 0.05) is 12.1 Å². The van der Waals surface area contributed by atoms with Gasteiger partial charge in [-0.15, -0.1) is 0 Å². The van der Waals surface area contributed by atoms with Gasteiger partial charge in [-0.1, -0.05) is 6.92 Å². The zero-order valence-electron chi connectivity index (χ0n) is 6.45. The lowest BCUT2D eigenvalue weighted by atomic mass is 10.2. The van der Waals surface area contributed by atoms with Gasteiger partial charge in [-0.25, -0.2) is 0 Å². The van der Waals surface area contributed by atoms with E-state index in [1.54, 1.807) is 0 Å². The van der Waals surface area contributed by atoms with Crippen LogP contribution in [0.25, 0.3) is 0 Å². The minimum atomic E-state index is 0.362. The van der Waals surface area contributed by atoms with Crippen molar-refractivity contribution in [1.82, 2.24) is 4.90 Å². The Morgan fingerprint density at radius 1 is 1.50 bits per heavy atom. The maximum Gasteiger partial charge on any atom is 0.0587 e. The van der Waals surface area contributed by atoms with Crippen LogP contribution in [0.1, 0.15) is 19.8 Å². The third-order valence-corrected chi connectivity index (χ3v) is 2.93. The van der Waals surface area contributed by atoms with Crippen molar-refractivity contribution in [2.45, 2.75) is 31.8 Å². The highest BCUT2D eigenvalue weighted by Crippen LogP contribution is 2.47. The van der Waals surface area contributed by atoms with Gasteiger partial charge in [0.15, 0.2) is 0 Å². The number of likely N-dealkylation sites (N-methyl/N-ethyl adjacent to an activating group) is 1. The number of rotatable bonds is 2. The third-order valence-electron chi connectivity index (χ3n) is 2.93. The minimum Gasteiger partial charge on any atom is -0.395 e. The number of fused-ring (bicyclic) bond motifs is 1. The van der Waals surface area contributed by atoms with Gasteiger partial charge in [0.2, 0.25) is 0 Å². The molecule has 1 heterocycles. The smallest absolute Gasteiger partial charge is 0.0587 e. The number of likely N-dealkylation sites (tertiary alicyclic amines) is 1. The van der Waals surface area contributed by atoms with Gasteiger partial charge in [-0.2, -0.15) is 0 Å². The monoisotopic (exact) mass is 141 g/mol. The Kier molecular flexibility index (Phi) is 1.46. The highest BCUT2D eigenvalue weighted by atomic mass is 16.3. The Balaban J connectivity index is 1.98. The summed E-state index contributed by atoms with van der Waals surface area (Å²) in [5.74, 6) is 0.942. The quantitative estimate of drug-likeness (QED) is 0.604. The summed E-state index contributed by atoms with van der Waals surface area (Å²) >= 11 is 0. The van der Waals surface area contributed by atoms with Crippen LogP contribution in [0, 0.1) is 5.92 Å². The van der Waals surface area contributed by atoms with Crippen LogP contribution in [-0.4, -0.2) is 35.2 Å². The van der Waals surface area contributed by atoms with Crippen LogP contribution in [0.3, 0.4) is 0 Å². The van der Waals surface area contributed by atoms with E-state index in [-0.39, 0.29) is 0 Å². The Bertz CT molecular complexity index is 137. The second-order valence-corrected chi connectivity index (χ2v) is 3.47. The van der Waals surface area contributed by atoms with Crippen LogP contribution in [0.2, 0.25) is 0 Å². The lowest BCUT2D eigenvalue weighted by molar-refractivity contribution is 0.143. The molecular weight excluding hydrogens is 126 g/mol. The predicted molar refractivity (Wildman–Crippen MR) is 39.8 cm³/mol. The van der Waals surface area contributed by atoms with Gasteiger partial charge in [0.1, 0.15) is 0 Å². The zero-order chi connectivity index (χ0) is 7.14. The molecule has 1 aliphatic carbocycles. The molecule has 0 aromatic heterocycles. The first-order chi connectivity index (χ1) is 4.86. The van der Waals surface area contributed by atoms with Gasteiger partial charge in [-0.3, -0.25) is 4.90 Å². The highest BCUT2D eigenvalue weighted by molar-refractivity contribution is 5.04. The van der Waals surface area contributed by atoms with Crippen LogP contribution in [-0.2, 0) is 0 Å². The largest absolute Gasteiger partial charge is 0.395 e. The SMILES string of the molecule is CCN1C(CO)CC2CC21. The average Bonchev–Trinajstić information content (AvgIpc) is 2.63. The Morgan fingerprint density at radius 2 is 2.30 bits per heavy atom. The second-order valence-electron chi connectivity index (χ2n) is 3.47. The number of aliphatic hydroxyl groups excluding tert-OH is 1. The molecule has 1 N–H and O–H groups in total. The summed E-state index contributed by atoms with van der Waals surface area (Å²) in [6.07, 6.45) is 2.64. The minimum absolute atomic E-state index is 0.362. The topological polar surface area (TPSA) is 23.5 Å². The third kappa shape index (κ3) is 0.789. The number of hydrogen-bond acceptors (Lipinski definition) is 2. The van der Waals surface area contributed by atoms with E-state index in [1.807, 2.05) is 0 Å². The summed E-state index contributed by atoms with van der Waals surface area (Å²) in [7, 11) is 0. The summed E-state index contributed by atoms with van der Waals surface area (Å²) < 4.78 is 0. The number of aliphatic hydroxyl groups is 1. The molecule has 10 heavy (non-hydrogen) atoms. The molecule has 3 atom stereocenters. The first-order valence-corrected chi connectivity index (χ1v) is 4.23. The molecule has 2 aliphatic rings. The fraction of sp³-hybridized carbons (Fsp3) is 1.00. The van der Waals surface area contributed by atoms with Crippen molar-refractivity contribution in [3.05, 3.63) is 0 Å². The molecule has 2 nitrogen and oxygen atoms in total. The van der Waals surface area contributed by atoms with Gasteiger partial charge in [-0.05, 0) is 25.3 Å². The van der Waals surface area contributed by atoms with Crippen molar-refractivity contribution in [2.24, 2.45) is 5.92 Å². The molecule has 0 aromatic carbocycles. The van der Waals surface area contributed by atoms with Crippen molar-refractivity contribution >= 4 is 0 Å². The molecule has 0 bridgehead atoms. The fourth-order valence-corrected chi connectivity index (χ4v) is 2.32. The lowest BCUT2D eigenvalue weighted by Crippen LogP contribution is -2.35. The molecule has 2 heteroatoms. The molecule has 2 rings (SSSR count). The molecule has 1 saturated carbocycles. The summed E-state index contributed by atoms with van der Waals surface area (Å²) in [5.41, 5.74) is 0. The summed E-state index contributed by atoms with van der Waals surface area (Å²) in [6, 6.07) is 1.34. The Hall–Kier alpha value is -0.0800. The molecule has 0 spiro atoms. The van der Waals surface area contributed by atoms with E-state index in [1.165, 1.54) is 12.8 Å². The maximum atomic E-state index is 8.96. The first kappa shape index (κ1) is 6.62. The molecular formula is C8H15NO. The molecule has 0 radical (unpaired) electrons. The van der Waals surface area contributed by atoms with Crippen LogP contribution in [0.5, 0.6) is 0 Å². The van der Waals surface area contributed by atoms with Crippen LogP contribution < -0.4 is 0 Å². The number of hydrogen-bond donors (Lipinski definition) is 1. The van der Waals surface area contributed by atoms with Crippen molar-refractivity contribution in [1.29, 1.82) is 0 Å². The van der Waals surface area contributed by atoms with Crippen molar-refractivity contribution in [3.8, 4) is 0 Å². The number of nitrogens with zero attached hydrogens (tertiary/aromatic N) is 1. The molecule has 2 fully saturated rings. The molecule has 1 aliphatic heterocycles. The second kappa shape index (κ2) is 2.21. The predicted octanol–water partition coefficient (Wildman–Crippen LogP) is 0.461. The Labute approximate surface area is 61.8 Å². The fourth-order valence-electron chi connectivity index (χ4n) is 2.32. The standard InChI is InChI=1S/C8H15NO/c1-2-9-7(5-10)3-6-4-8(6)9/h6-8,10H,2-5H2,1H3. The molecule has 58 valence electrons. The van der Waals surface area contributed by atoms with E-state index in [0.717, 1.165) is 18.5 Å². The van der Waals surface area contributed by atoms with E-state index in [0.29, 0.717) is 12.6 Å². The summed E-state index contributed by atoms with van der Waals surface area (Å²) in [5, 5.41) is 8.96. The van der Waals surface area contributed by atoms with E-state index >= 15 is 0 Å². The van der Waals surface area contributed by atoms with E-state index < -0.39 is 0 Å². The Morgan fingerprint density at radius 3 is 2.80 bits per heavy atom. The van der Waals surface area contributed by atoms with Gasteiger partial charge in [0.25, 0.3) is 0 Å². The molecule has 0 aromatic rings. The molecule has 3 unspecified atom stereocenters. The van der Waals surface area contributed by atoms with Crippen molar-refractivity contribution in [3.63, 3.8) is 0 Å². The van der Waals surface area contributed by atoms with Crippen molar-refractivity contribution in [2.75, 3.05) is 13.2 Å². The van der Waals surface area contributed by atoms with Gasteiger partial charge >= 0.3 is 0 Å². The average molecular weight is 141 g/mol. The number of piperidine rings is 1. The van der Waals surface area contributed by atoms with E-state index in [4.69, 9.17) is 5.11 Å². The maximum absolute atomic E-state index is 8.96. The van der Waals surface area contributed by atoms with Gasteiger partial charge < -0.3 is 5.11 Å². The molecule has 0 amide bonds. The van der Waals surface area contributed by atoms with E-state index in [9.17, 15) is 0 Å². The summed E-state index contributed by atoms with van der Waals surface area (Å²) in [4.78, 5) is 2.45. The van der Waals surface area contributed by atoms with Crippen LogP contribution in [0.4, 0.5) is 0 Å². The lowest BCUT2D eigenvalue weighted by Gasteiger charge is -2.23. The first-order valence-electron chi connectivity index (χ1n) is 4.23. The highest BCUT2D eigenvalue weighted by Gasteiger charge is 2.50. The van der Waals surface area contributed by atoms with E-state index in [2.05, 4.69) is 11.8 Å². The van der Waals surface area contributed by atoms with Crippen LogP contribution >= 0.6 is 0 Å². The van der Waals surface area contributed by atoms with Crippen molar-refractivity contribution < 1.29 is 5.11 Å². The normalized spacial score (nSPS) is 45.6.